The second kappa shape index (κ2) is 2.92. The van der Waals surface area contributed by atoms with Crippen molar-refractivity contribution in [1.29, 1.82) is 0 Å². The van der Waals surface area contributed by atoms with E-state index in [0.717, 1.165) is 7.11 Å². The Morgan fingerprint density at radius 3 is 1.71 bits per heavy atom. The smallest absolute Gasteiger partial charge is 0.333 e. The third-order valence-electron chi connectivity index (χ3n) is 0.232. The lowest BCUT2D eigenvalue weighted by Gasteiger charge is -1.84. The molecule has 0 spiro atoms. The van der Waals surface area contributed by atoms with Gasteiger partial charge in [-0.25, -0.2) is 5.14 Å². The van der Waals surface area contributed by atoms with E-state index in [1.807, 2.05) is 0 Å². The fraction of sp³-hybridized carbons (Fsp3) is 1.00. The standard InChI is InChI=1S/CH5NO3S.H3N/c1-5-6(2,3)4;/h1H3,(H2,2,3,4);1H3. The zero-order valence-electron chi connectivity index (χ0n) is 3.92. The molecule has 0 amide bonds. The van der Waals surface area contributed by atoms with Crippen LogP contribution in [0.5, 0.6) is 0 Å². The Morgan fingerprint density at radius 1 is 1.57 bits per heavy atom. The monoisotopic (exact) mass is 128 g/mol. The van der Waals surface area contributed by atoms with Crippen LogP contribution in [0.4, 0.5) is 0 Å². The highest BCUT2D eigenvalue weighted by molar-refractivity contribution is 7.84. The van der Waals surface area contributed by atoms with Crippen molar-refractivity contribution in [1.82, 2.24) is 6.15 Å². The van der Waals surface area contributed by atoms with Crippen LogP contribution in [0.3, 0.4) is 0 Å². The summed E-state index contributed by atoms with van der Waals surface area (Å²) in [5, 5.41) is 4.28. The van der Waals surface area contributed by atoms with Gasteiger partial charge in [0.15, 0.2) is 0 Å². The van der Waals surface area contributed by atoms with Crippen molar-refractivity contribution in [3.05, 3.63) is 0 Å². The average molecular weight is 128 g/mol. The summed E-state index contributed by atoms with van der Waals surface area (Å²) in [5.41, 5.74) is 0. The molecule has 0 heterocycles. The Hall–Kier alpha value is -0.170. The van der Waals surface area contributed by atoms with E-state index in [9.17, 15) is 8.42 Å². The molecule has 0 aromatic rings. The van der Waals surface area contributed by atoms with E-state index in [1.165, 1.54) is 0 Å². The second-order valence-electron chi connectivity index (χ2n) is 0.659. The van der Waals surface area contributed by atoms with Crippen molar-refractivity contribution >= 4 is 10.3 Å². The van der Waals surface area contributed by atoms with Crippen molar-refractivity contribution in [2.45, 2.75) is 0 Å². The van der Waals surface area contributed by atoms with Gasteiger partial charge in [0, 0.05) is 0 Å². The van der Waals surface area contributed by atoms with E-state index < -0.39 is 10.3 Å². The van der Waals surface area contributed by atoms with Crippen LogP contribution < -0.4 is 11.3 Å². The number of rotatable bonds is 1. The molecule has 0 aliphatic rings. The zero-order valence-corrected chi connectivity index (χ0v) is 4.73. The summed E-state index contributed by atoms with van der Waals surface area (Å²) in [6.07, 6.45) is 0. The topological polar surface area (TPSA) is 104 Å². The first-order valence-corrected chi connectivity index (χ1v) is 2.62. The predicted molar refractivity (Wildman–Crippen MR) is 25.1 cm³/mol. The summed E-state index contributed by atoms with van der Waals surface area (Å²) < 4.78 is 22.8. The van der Waals surface area contributed by atoms with Crippen LogP contribution in [0.2, 0.25) is 0 Å². The molecule has 0 unspecified atom stereocenters. The average Bonchev–Trinajstić information content (AvgIpc) is 1.35. The molecule has 0 atom stereocenters. The van der Waals surface area contributed by atoms with Crippen LogP contribution in [0.1, 0.15) is 0 Å². The SMILES string of the molecule is COS(N)(=O)=O.N. The zero-order chi connectivity index (χ0) is 5.21. The molecule has 0 radical (unpaired) electrons. The molecule has 0 saturated carbocycles. The lowest BCUT2D eigenvalue weighted by Crippen LogP contribution is -2.12. The molecule has 5 nitrogen and oxygen atoms in total. The Morgan fingerprint density at radius 2 is 1.71 bits per heavy atom. The molecule has 0 saturated heterocycles. The number of hydrogen-bond acceptors (Lipinski definition) is 4. The molecule has 0 rings (SSSR count). The van der Waals surface area contributed by atoms with Gasteiger partial charge in [0.25, 0.3) is 0 Å². The first kappa shape index (κ1) is 9.95. The Bertz CT molecular complexity index is 115. The van der Waals surface area contributed by atoms with E-state index in [4.69, 9.17) is 0 Å². The van der Waals surface area contributed by atoms with Gasteiger partial charge in [-0.2, -0.15) is 8.42 Å². The minimum atomic E-state index is -3.66. The van der Waals surface area contributed by atoms with Crippen LogP contribution in [-0.4, -0.2) is 15.5 Å². The van der Waals surface area contributed by atoms with E-state index in [0.29, 0.717) is 0 Å². The third-order valence-corrected chi connectivity index (χ3v) is 0.697. The maximum atomic E-state index is 9.56. The summed E-state index contributed by atoms with van der Waals surface area (Å²) in [5.74, 6) is 0. The number of hydrogen-bond donors (Lipinski definition) is 2. The van der Waals surface area contributed by atoms with Crippen molar-refractivity contribution in [3.8, 4) is 0 Å². The summed E-state index contributed by atoms with van der Waals surface area (Å²) >= 11 is 0. The highest BCUT2D eigenvalue weighted by Gasteiger charge is 1.90. The van der Waals surface area contributed by atoms with Gasteiger partial charge in [-0.15, -0.1) is 0 Å². The van der Waals surface area contributed by atoms with Crippen molar-refractivity contribution in [2.75, 3.05) is 7.11 Å². The van der Waals surface area contributed by atoms with Gasteiger partial charge >= 0.3 is 10.3 Å². The third kappa shape index (κ3) is 10.7. The maximum Gasteiger partial charge on any atom is 0.333 e. The minimum absolute atomic E-state index is 0. The van der Waals surface area contributed by atoms with Gasteiger partial charge in [-0.05, 0) is 0 Å². The van der Waals surface area contributed by atoms with E-state index in [1.54, 1.807) is 0 Å². The highest BCUT2D eigenvalue weighted by Crippen LogP contribution is 1.68. The Labute approximate surface area is 42.3 Å². The van der Waals surface area contributed by atoms with Gasteiger partial charge in [-0.1, -0.05) is 0 Å². The molecular formula is CH8N2O3S. The lowest BCUT2D eigenvalue weighted by molar-refractivity contribution is 0.399. The lowest BCUT2D eigenvalue weighted by atomic mass is 11.8. The molecule has 7 heavy (non-hydrogen) atoms. The van der Waals surface area contributed by atoms with Gasteiger partial charge in [0.1, 0.15) is 0 Å². The predicted octanol–water partition coefficient (Wildman–Crippen LogP) is -1.00. The van der Waals surface area contributed by atoms with E-state index in [-0.39, 0.29) is 6.15 Å². The summed E-state index contributed by atoms with van der Waals surface area (Å²) in [7, 11) is -2.67. The molecule has 0 bridgehead atoms. The number of nitrogens with two attached hydrogens (primary N) is 1. The van der Waals surface area contributed by atoms with Crippen molar-refractivity contribution < 1.29 is 12.6 Å². The molecule has 0 aromatic carbocycles. The van der Waals surface area contributed by atoms with Crippen LogP contribution in [0.25, 0.3) is 0 Å². The van der Waals surface area contributed by atoms with Crippen molar-refractivity contribution in [3.63, 3.8) is 0 Å². The fourth-order valence-electron chi connectivity index (χ4n) is 0. The van der Waals surface area contributed by atoms with E-state index >= 15 is 0 Å². The largest absolute Gasteiger partial charge is 0.344 e. The Kier molecular flexibility index (Phi) is 4.14. The molecule has 6 heteroatoms. The first-order chi connectivity index (χ1) is 2.56. The molecule has 46 valence electrons. The van der Waals surface area contributed by atoms with Crippen LogP contribution >= 0.6 is 0 Å². The van der Waals surface area contributed by atoms with Crippen molar-refractivity contribution in [2.24, 2.45) is 5.14 Å². The van der Waals surface area contributed by atoms with Gasteiger partial charge < -0.3 is 6.15 Å². The Balaban J connectivity index is 0. The van der Waals surface area contributed by atoms with Crippen LogP contribution in [0, 0.1) is 0 Å². The van der Waals surface area contributed by atoms with E-state index in [2.05, 4.69) is 9.32 Å². The normalized spacial score (nSPS) is 10.0. The maximum absolute atomic E-state index is 9.56. The molecular weight excluding hydrogens is 120 g/mol. The quantitative estimate of drug-likeness (QED) is 0.472. The highest BCUT2D eigenvalue weighted by atomic mass is 32.2. The molecule has 0 aliphatic carbocycles. The summed E-state index contributed by atoms with van der Waals surface area (Å²) in [4.78, 5) is 0. The summed E-state index contributed by atoms with van der Waals surface area (Å²) in [6, 6.07) is 0. The molecule has 0 fully saturated rings. The van der Waals surface area contributed by atoms with Crippen LogP contribution in [0.15, 0.2) is 0 Å². The molecule has 0 aromatic heterocycles. The second-order valence-corrected chi connectivity index (χ2v) is 1.98. The summed E-state index contributed by atoms with van der Waals surface area (Å²) in [6.45, 7) is 0. The van der Waals surface area contributed by atoms with Gasteiger partial charge in [0.2, 0.25) is 0 Å². The fourth-order valence-corrected chi connectivity index (χ4v) is 0. The van der Waals surface area contributed by atoms with Gasteiger partial charge in [0.05, 0.1) is 7.11 Å². The first-order valence-electron chi connectivity index (χ1n) is 1.14. The van der Waals surface area contributed by atoms with Gasteiger partial charge in [-0.3, -0.25) is 4.18 Å². The minimum Gasteiger partial charge on any atom is -0.344 e. The molecule has 0 aliphatic heterocycles. The molecule has 5 N–H and O–H groups in total. The van der Waals surface area contributed by atoms with Crippen LogP contribution in [-0.2, 0) is 14.5 Å².